The van der Waals surface area contributed by atoms with Crippen molar-refractivity contribution in [2.24, 2.45) is 0 Å². The number of hydrogen-bond donors (Lipinski definition) is 2. The zero-order valence-electron chi connectivity index (χ0n) is 11.3. The second-order valence-electron chi connectivity index (χ2n) is 5.18. The summed E-state index contributed by atoms with van der Waals surface area (Å²) in [6.45, 7) is 4.06. The Bertz CT molecular complexity index is 629. The Hall–Kier alpha value is -0.805. The Balaban J connectivity index is 2.67. The molecule has 2 nitrogen and oxygen atoms in total. The van der Waals surface area contributed by atoms with Gasteiger partial charge in [0.15, 0.2) is 0 Å². The van der Waals surface area contributed by atoms with Gasteiger partial charge < -0.3 is 10.0 Å². The van der Waals surface area contributed by atoms with Gasteiger partial charge >= 0.3 is 7.12 Å². The molecule has 0 aromatic heterocycles. The first-order valence-electron chi connectivity index (χ1n) is 6.25. The van der Waals surface area contributed by atoms with Crippen LogP contribution in [0.1, 0.15) is 25.0 Å². The lowest BCUT2D eigenvalue weighted by Crippen LogP contribution is -2.39. The third-order valence-corrected chi connectivity index (χ3v) is 4.55. The normalized spacial score (nSPS) is 11.5. The molecule has 2 N–H and O–H groups in total. The fourth-order valence-electron chi connectivity index (χ4n) is 2.46. The summed E-state index contributed by atoms with van der Waals surface area (Å²) in [4.78, 5) is 0. The molecule has 0 radical (unpaired) electrons. The predicted octanol–water partition coefficient (Wildman–Crippen LogP) is 3.11. The number of rotatable bonds is 3. The van der Waals surface area contributed by atoms with Crippen molar-refractivity contribution < 1.29 is 10.0 Å². The second kappa shape index (κ2) is 5.90. The maximum absolute atomic E-state index is 9.62. The topological polar surface area (TPSA) is 40.5 Å². The minimum absolute atomic E-state index is 0.356. The van der Waals surface area contributed by atoms with E-state index in [1.54, 1.807) is 6.07 Å². The molecule has 2 aromatic carbocycles. The van der Waals surface area contributed by atoms with Crippen molar-refractivity contribution in [1.29, 1.82) is 0 Å². The summed E-state index contributed by atoms with van der Waals surface area (Å²) < 4.78 is 0.975. The average molecular weight is 353 g/mol. The Morgan fingerprint density at radius 1 is 1.00 bits per heavy atom. The Morgan fingerprint density at radius 2 is 1.60 bits per heavy atom. The van der Waals surface area contributed by atoms with E-state index in [9.17, 15) is 10.0 Å². The molecule has 0 saturated carbocycles. The van der Waals surface area contributed by atoms with Gasteiger partial charge in [-0.05, 0) is 23.3 Å². The van der Waals surface area contributed by atoms with Crippen molar-refractivity contribution in [3.63, 3.8) is 0 Å². The van der Waals surface area contributed by atoms with Crippen molar-refractivity contribution in [2.75, 3.05) is 0 Å². The quantitative estimate of drug-likeness (QED) is 0.833. The molecule has 0 spiro atoms. The van der Waals surface area contributed by atoms with Gasteiger partial charge in [-0.1, -0.05) is 71.7 Å². The van der Waals surface area contributed by atoms with Crippen molar-refractivity contribution >= 4 is 40.1 Å². The Labute approximate surface area is 132 Å². The highest BCUT2D eigenvalue weighted by molar-refractivity contribution is 9.10. The van der Waals surface area contributed by atoms with Crippen LogP contribution in [0.4, 0.5) is 0 Å². The van der Waals surface area contributed by atoms with E-state index in [0.29, 0.717) is 10.5 Å². The van der Waals surface area contributed by atoms with Gasteiger partial charge in [-0.15, -0.1) is 0 Å². The van der Waals surface area contributed by atoms with Crippen LogP contribution in [0.3, 0.4) is 0 Å². The van der Waals surface area contributed by atoms with Crippen molar-refractivity contribution in [1.82, 2.24) is 0 Å². The van der Waals surface area contributed by atoms with Crippen LogP contribution < -0.4 is 5.46 Å². The van der Waals surface area contributed by atoms with Gasteiger partial charge in [0.05, 0.1) is 0 Å². The van der Waals surface area contributed by atoms with Crippen LogP contribution in [0.15, 0.2) is 46.9 Å². The van der Waals surface area contributed by atoms with E-state index >= 15 is 0 Å². The van der Waals surface area contributed by atoms with E-state index in [2.05, 4.69) is 15.9 Å². The monoisotopic (exact) mass is 352 g/mol. The van der Waals surface area contributed by atoms with Gasteiger partial charge in [-0.3, -0.25) is 0 Å². The minimum Gasteiger partial charge on any atom is -0.423 e. The molecule has 0 atom stereocenters. The number of benzene rings is 2. The molecule has 104 valence electrons. The molecule has 0 aliphatic carbocycles. The summed E-state index contributed by atoms with van der Waals surface area (Å²) in [7, 11) is -1.60. The molecule has 0 saturated heterocycles. The predicted molar refractivity (Wildman–Crippen MR) is 87.5 cm³/mol. The van der Waals surface area contributed by atoms with Gasteiger partial charge in [0.1, 0.15) is 0 Å². The molecule has 2 rings (SSSR count). The van der Waals surface area contributed by atoms with Crippen molar-refractivity contribution in [3.05, 3.63) is 63.1 Å². The fourth-order valence-corrected chi connectivity index (χ4v) is 3.51. The van der Waals surface area contributed by atoms with Crippen molar-refractivity contribution in [3.8, 4) is 0 Å². The molecular formula is C15H15BBrClO2. The molecule has 5 heteroatoms. The fraction of sp³-hybridized carbons (Fsp3) is 0.200. The van der Waals surface area contributed by atoms with Crippen LogP contribution in [0.5, 0.6) is 0 Å². The molecule has 0 heterocycles. The summed E-state index contributed by atoms with van der Waals surface area (Å²) in [6.07, 6.45) is 0. The van der Waals surface area contributed by atoms with E-state index < -0.39 is 12.5 Å². The first kappa shape index (κ1) is 15.6. The maximum atomic E-state index is 9.62. The number of halogens is 2. The highest BCUT2D eigenvalue weighted by Gasteiger charge is 2.32. The zero-order valence-corrected chi connectivity index (χ0v) is 13.6. The number of hydrogen-bond acceptors (Lipinski definition) is 2. The molecule has 0 amide bonds. The first-order valence-corrected chi connectivity index (χ1v) is 7.43. The van der Waals surface area contributed by atoms with Crippen molar-refractivity contribution in [2.45, 2.75) is 19.3 Å². The van der Waals surface area contributed by atoms with E-state index in [4.69, 9.17) is 11.6 Å². The van der Waals surface area contributed by atoms with Crippen LogP contribution in [0.25, 0.3) is 0 Å². The van der Waals surface area contributed by atoms with E-state index in [0.717, 1.165) is 15.6 Å². The molecule has 0 fully saturated rings. The van der Waals surface area contributed by atoms with Gasteiger partial charge in [-0.2, -0.15) is 0 Å². The van der Waals surface area contributed by atoms with E-state index in [1.165, 1.54) is 0 Å². The molecule has 2 aromatic rings. The van der Waals surface area contributed by atoms with Gasteiger partial charge in [0, 0.05) is 20.4 Å². The Morgan fingerprint density at radius 3 is 2.20 bits per heavy atom. The second-order valence-corrected chi connectivity index (χ2v) is 6.44. The third kappa shape index (κ3) is 2.79. The largest absolute Gasteiger partial charge is 0.490 e. The van der Waals surface area contributed by atoms with E-state index in [-0.39, 0.29) is 0 Å². The van der Waals surface area contributed by atoms with Gasteiger partial charge in [0.2, 0.25) is 0 Å². The zero-order chi connectivity index (χ0) is 14.9. The summed E-state index contributed by atoms with van der Waals surface area (Å²) >= 11 is 9.68. The highest BCUT2D eigenvalue weighted by Crippen LogP contribution is 2.35. The SMILES string of the molecule is CC(C)(c1ccccc1Br)c1cccc(Cl)c1B(O)O. The molecule has 0 aliphatic heterocycles. The standard InChI is InChI=1S/C15H15BBrClO2/c1-15(2,10-6-3-4-8-12(10)17)11-7-5-9-13(18)14(11)16(19)20/h3-9,19-20H,1-2H3. The van der Waals surface area contributed by atoms with Gasteiger partial charge in [-0.25, -0.2) is 0 Å². The van der Waals surface area contributed by atoms with Crippen LogP contribution in [0, 0.1) is 0 Å². The Kier molecular flexibility index (Phi) is 4.60. The van der Waals surface area contributed by atoms with Crippen LogP contribution in [0.2, 0.25) is 5.02 Å². The lowest BCUT2D eigenvalue weighted by Gasteiger charge is -2.30. The van der Waals surface area contributed by atoms with Crippen LogP contribution >= 0.6 is 27.5 Å². The minimum atomic E-state index is -1.60. The van der Waals surface area contributed by atoms with Crippen LogP contribution in [-0.4, -0.2) is 17.2 Å². The summed E-state index contributed by atoms with van der Waals surface area (Å²) in [5, 5.41) is 19.6. The average Bonchev–Trinajstić information content (AvgIpc) is 2.38. The summed E-state index contributed by atoms with van der Waals surface area (Å²) in [5.74, 6) is 0. The summed E-state index contributed by atoms with van der Waals surface area (Å²) in [6, 6.07) is 13.2. The van der Waals surface area contributed by atoms with E-state index in [1.807, 2.05) is 50.2 Å². The summed E-state index contributed by atoms with van der Waals surface area (Å²) in [5.41, 5.74) is 1.80. The third-order valence-electron chi connectivity index (χ3n) is 3.53. The molecule has 20 heavy (non-hydrogen) atoms. The van der Waals surface area contributed by atoms with Crippen LogP contribution in [-0.2, 0) is 5.41 Å². The van der Waals surface area contributed by atoms with Gasteiger partial charge in [0.25, 0.3) is 0 Å². The maximum Gasteiger partial charge on any atom is 0.490 e. The lowest BCUT2D eigenvalue weighted by molar-refractivity contribution is 0.424. The molecule has 0 unspecified atom stereocenters. The smallest absolute Gasteiger partial charge is 0.423 e. The highest BCUT2D eigenvalue weighted by atomic mass is 79.9. The molecule has 0 bridgehead atoms. The molecular weight excluding hydrogens is 338 g/mol. The first-order chi connectivity index (χ1) is 9.35. The molecule has 0 aliphatic rings. The lowest BCUT2D eigenvalue weighted by atomic mass is 9.67.